The monoisotopic (exact) mass is 244 g/mol. The largest absolute Gasteiger partial charge is 0.397 e. The standard InChI is InChI=1S/C9H16F3O2P/c1-15(13,7-9(10,11)12)14-8-5-3-2-4-6-8/h8H,2-7H2,1H3. The summed E-state index contributed by atoms with van der Waals surface area (Å²) >= 11 is 0. The highest BCUT2D eigenvalue weighted by Gasteiger charge is 2.38. The minimum absolute atomic E-state index is 0.239. The zero-order valence-electron chi connectivity index (χ0n) is 8.72. The normalized spacial score (nSPS) is 23.7. The fraction of sp³-hybridized carbons (Fsp3) is 1.00. The van der Waals surface area contributed by atoms with Crippen LogP contribution >= 0.6 is 7.37 Å². The van der Waals surface area contributed by atoms with Crippen molar-refractivity contribution in [3.8, 4) is 0 Å². The molecule has 1 unspecified atom stereocenters. The van der Waals surface area contributed by atoms with Gasteiger partial charge >= 0.3 is 6.18 Å². The van der Waals surface area contributed by atoms with Gasteiger partial charge in [-0.25, -0.2) is 0 Å². The van der Waals surface area contributed by atoms with Crippen LogP contribution in [-0.4, -0.2) is 25.1 Å². The highest BCUT2D eigenvalue weighted by atomic mass is 31.2. The lowest BCUT2D eigenvalue weighted by molar-refractivity contribution is -0.108. The molecule has 1 fully saturated rings. The summed E-state index contributed by atoms with van der Waals surface area (Å²) in [5.41, 5.74) is 0. The predicted octanol–water partition coefficient (Wildman–Crippen LogP) is 3.81. The molecule has 0 N–H and O–H groups in total. The SMILES string of the molecule is CP(=O)(CC(F)(F)F)OC1CCCCC1. The lowest BCUT2D eigenvalue weighted by Crippen LogP contribution is -2.20. The molecule has 90 valence electrons. The quantitative estimate of drug-likeness (QED) is 0.705. The van der Waals surface area contributed by atoms with Gasteiger partial charge in [-0.2, -0.15) is 13.2 Å². The lowest BCUT2D eigenvalue weighted by Gasteiger charge is -2.26. The van der Waals surface area contributed by atoms with Gasteiger partial charge in [0, 0.05) is 6.66 Å². The molecular weight excluding hydrogens is 228 g/mol. The summed E-state index contributed by atoms with van der Waals surface area (Å²) in [4.78, 5) is 0. The summed E-state index contributed by atoms with van der Waals surface area (Å²) in [5.74, 6) is 0. The van der Waals surface area contributed by atoms with Gasteiger partial charge in [0.2, 0.25) is 7.37 Å². The molecule has 0 aromatic heterocycles. The van der Waals surface area contributed by atoms with Gasteiger partial charge in [0.15, 0.2) is 0 Å². The van der Waals surface area contributed by atoms with Crippen LogP contribution in [-0.2, 0) is 9.09 Å². The second kappa shape index (κ2) is 4.88. The van der Waals surface area contributed by atoms with E-state index in [1.165, 1.54) is 0 Å². The van der Waals surface area contributed by atoms with Crippen LogP contribution < -0.4 is 0 Å². The summed E-state index contributed by atoms with van der Waals surface area (Å²) in [5, 5.41) is 0. The summed E-state index contributed by atoms with van der Waals surface area (Å²) in [6.07, 6.45) is -1.49. The number of alkyl halides is 3. The molecule has 1 aliphatic rings. The third kappa shape index (κ3) is 5.57. The average molecular weight is 244 g/mol. The molecule has 6 heteroatoms. The van der Waals surface area contributed by atoms with Crippen LogP contribution in [0.5, 0.6) is 0 Å². The van der Waals surface area contributed by atoms with Crippen molar-refractivity contribution in [2.45, 2.75) is 44.4 Å². The molecule has 0 radical (unpaired) electrons. The maximum Gasteiger partial charge on any atom is 0.397 e. The highest BCUT2D eigenvalue weighted by molar-refractivity contribution is 7.58. The van der Waals surface area contributed by atoms with Gasteiger partial charge in [-0.1, -0.05) is 19.3 Å². The van der Waals surface area contributed by atoms with Gasteiger partial charge in [-0.15, -0.1) is 0 Å². The summed E-state index contributed by atoms with van der Waals surface area (Å²) in [6.45, 7) is 1.08. The van der Waals surface area contributed by atoms with Crippen LogP contribution in [0.1, 0.15) is 32.1 Å². The average Bonchev–Trinajstić information content (AvgIpc) is 1.99. The molecule has 2 nitrogen and oxygen atoms in total. The van der Waals surface area contributed by atoms with Crippen molar-refractivity contribution in [3.05, 3.63) is 0 Å². The van der Waals surface area contributed by atoms with Crippen molar-refractivity contribution >= 4 is 7.37 Å². The van der Waals surface area contributed by atoms with Gasteiger partial charge in [0.05, 0.1) is 6.10 Å². The zero-order chi connectivity index (χ0) is 11.5. The van der Waals surface area contributed by atoms with Gasteiger partial charge < -0.3 is 4.52 Å². The number of hydrogen-bond donors (Lipinski definition) is 0. The molecular formula is C9H16F3O2P. The molecule has 1 rings (SSSR count). The Morgan fingerprint density at radius 2 is 1.80 bits per heavy atom. The van der Waals surface area contributed by atoms with E-state index in [9.17, 15) is 17.7 Å². The molecule has 0 aromatic carbocycles. The van der Waals surface area contributed by atoms with Crippen LogP contribution in [0.4, 0.5) is 13.2 Å². The fourth-order valence-corrected chi connectivity index (χ4v) is 3.42. The lowest BCUT2D eigenvalue weighted by atomic mass is 9.98. The van der Waals surface area contributed by atoms with E-state index < -0.39 is 19.7 Å². The van der Waals surface area contributed by atoms with E-state index in [4.69, 9.17) is 4.52 Å². The van der Waals surface area contributed by atoms with E-state index >= 15 is 0 Å². The molecule has 1 atom stereocenters. The minimum Gasteiger partial charge on any atom is -0.325 e. The predicted molar refractivity (Wildman–Crippen MR) is 52.4 cm³/mol. The van der Waals surface area contributed by atoms with Gasteiger partial charge in [0.25, 0.3) is 0 Å². The Kier molecular flexibility index (Phi) is 4.24. The van der Waals surface area contributed by atoms with Gasteiger partial charge in [0.1, 0.15) is 6.16 Å². The third-order valence-electron chi connectivity index (χ3n) is 2.39. The topological polar surface area (TPSA) is 26.3 Å². The van der Waals surface area contributed by atoms with Crippen molar-refractivity contribution < 1.29 is 22.3 Å². The smallest absolute Gasteiger partial charge is 0.325 e. The molecule has 0 spiro atoms. The van der Waals surface area contributed by atoms with Crippen LogP contribution in [0.2, 0.25) is 0 Å². The Morgan fingerprint density at radius 1 is 1.27 bits per heavy atom. The van der Waals surface area contributed by atoms with Crippen molar-refractivity contribution in [2.24, 2.45) is 0 Å². The van der Waals surface area contributed by atoms with E-state index in [-0.39, 0.29) is 6.10 Å². The maximum atomic E-state index is 12.1. The Hall–Kier alpha value is -0.0200. The molecule has 0 bridgehead atoms. The first-order valence-electron chi connectivity index (χ1n) is 5.10. The highest BCUT2D eigenvalue weighted by Crippen LogP contribution is 2.49. The van der Waals surface area contributed by atoms with Gasteiger partial charge in [-0.05, 0) is 12.8 Å². The molecule has 0 amide bonds. The Morgan fingerprint density at radius 3 is 2.27 bits per heavy atom. The molecule has 15 heavy (non-hydrogen) atoms. The number of hydrogen-bond acceptors (Lipinski definition) is 2. The second-order valence-electron chi connectivity index (χ2n) is 4.15. The zero-order valence-corrected chi connectivity index (χ0v) is 9.61. The molecule has 1 aliphatic carbocycles. The summed E-state index contributed by atoms with van der Waals surface area (Å²) in [6, 6.07) is 0. The van der Waals surface area contributed by atoms with Gasteiger partial charge in [-0.3, -0.25) is 4.57 Å². The van der Waals surface area contributed by atoms with Crippen molar-refractivity contribution in [1.82, 2.24) is 0 Å². The number of halogens is 3. The van der Waals surface area contributed by atoms with E-state index in [0.717, 1.165) is 38.8 Å². The molecule has 0 heterocycles. The first-order valence-corrected chi connectivity index (χ1v) is 7.36. The Balaban J connectivity index is 2.44. The van der Waals surface area contributed by atoms with Crippen LogP contribution in [0, 0.1) is 0 Å². The minimum atomic E-state index is -4.40. The first kappa shape index (κ1) is 13.0. The Bertz CT molecular complexity index is 246. The molecule has 0 aliphatic heterocycles. The molecule has 0 aromatic rings. The molecule has 1 saturated carbocycles. The summed E-state index contributed by atoms with van der Waals surface area (Å²) in [7, 11) is -3.51. The molecule has 0 saturated heterocycles. The van der Waals surface area contributed by atoms with E-state index in [2.05, 4.69) is 0 Å². The van der Waals surface area contributed by atoms with Crippen molar-refractivity contribution in [1.29, 1.82) is 0 Å². The Labute approximate surface area is 87.6 Å². The van der Waals surface area contributed by atoms with Crippen molar-refractivity contribution in [2.75, 3.05) is 12.8 Å². The summed E-state index contributed by atoms with van der Waals surface area (Å²) < 4.78 is 52.8. The van der Waals surface area contributed by atoms with E-state index in [1.54, 1.807) is 0 Å². The maximum absolute atomic E-state index is 12.1. The van der Waals surface area contributed by atoms with Crippen LogP contribution in [0.25, 0.3) is 0 Å². The first-order chi connectivity index (χ1) is 6.79. The van der Waals surface area contributed by atoms with E-state index in [1.807, 2.05) is 0 Å². The fourth-order valence-electron chi connectivity index (χ4n) is 1.85. The second-order valence-corrected chi connectivity index (χ2v) is 6.71. The van der Waals surface area contributed by atoms with Crippen molar-refractivity contribution in [3.63, 3.8) is 0 Å². The van der Waals surface area contributed by atoms with Crippen LogP contribution in [0.15, 0.2) is 0 Å². The number of rotatable bonds is 3. The van der Waals surface area contributed by atoms with E-state index in [0.29, 0.717) is 0 Å². The third-order valence-corrected chi connectivity index (χ3v) is 4.07. The van der Waals surface area contributed by atoms with Crippen LogP contribution in [0.3, 0.4) is 0 Å².